The summed E-state index contributed by atoms with van der Waals surface area (Å²) in [5, 5.41) is 8.19. The molecule has 36 heavy (non-hydrogen) atoms. The molecule has 0 saturated heterocycles. The van der Waals surface area contributed by atoms with Crippen molar-refractivity contribution in [2.75, 3.05) is 11.9 Å². The molecule has 1 aliphatic rings. The van der Waals surface area contributed by atoms with Crippen LogP contribution in [0.1, 0.15) is 25.9 Å². The van der Waals surface area contributed by atoms with Crippen LogP contribution < -0.4 is 10.9 Å². The average molecular weight is 493 g/mol. The molecule has 1 aromatic carbocycles. The van der Waals surface area contributed by atoms with Crippen molar-refractivity contribution in [1.82, 2.24) is 24.3 Å². The molecule has 0 amide bonds. The summed E-state index contributed by atoms with van der Waals surface area (Å²) < 4.78 is 41.4. The maximum Gasteiger partial charge on any atom is 0.405 e. The van der Waals surface area contributed by atoms with E-state index in [1.165, 1.54) is 10.6 Å². The molecule has 0 unspecified atom stereocenters. The van der Waals surface area contributed by atoms with Gasteiger partial charge in [0.2, 0.25) is 0 Å². The van der Waals surface area contributed by atoms with E-state index in [1.807, 2.05) is 43.6 Å². The van der Waals surface area contributed by atoms with Crippen molar-refractivity contribution in [3.05, 3.63) is 77.0 Å². The van der Waals surface area contributed by atoms with Crippen LogP contribution in [-0.2, 0) is 7.05 Å². The normalized spacial score (nSPS) is 14.0. The highest BCUT2D eigenvalue weighted by Gasteiger charge is 2.27. The Bertz CT molecular complexity index is 1670. The van der Waals surface area contributed by atoms with E-state index in [0.717, 1.165) is 29.4 Å². The van der Waals surface area contributed by atoms with Gasteiger partial charge < -0.3 is 5.32 Å². The summed E-state index contributed by atoms with van der Waals surface area (Å²) in [5.41, 5.74) is 3.33. The molecule has 184 valence electrons. The van der Waals surface area contributed by atoms with Crippen molar-refractivity contribution in [3.63, 3.8) is 0 Å². The molecule has 5 aromatic rings. The first-order chi connectivity index (χ1) is 17.2. The van der Waals surface area contributed by atoms with Gasteiger partial charge in [-0.3, -0.25) is 19.0 Å². The minimum absolute atomic E-state index is 0. The fourth-order valence-electron chi connectivity index (χ4n) is 4.39. The Kier molecular flexibility index (Phi) is 5.06. The molecule has 4 aromatic heterocycles. The van der Waals surface area contributed by atoms with Gasteiger partial charge in [0.25, 0.3) is 5.56 Å². The summed E-state index contributed by atoms with van der Waals surface area (Å²) >= 11 is 0. The predicted molar refractivity (Wildman–Crippen MR) is 133 cm³/mol. The summed E-state index contributed by atoms with van der Waals surface area (Å²) in [6.07, 6.45) is 1.29. The van der Waals surface area contributed by atoms with Crippen LogP contribution in [0.25, 0.3) is 38.8 Å². The van der Waals surface area contributed by atoms with Gasteiger partial charge in [-0.2, -0.15) is 18.3 Å². The van der Waals surface area contributed by atoms with Gasteiger partial charge in [-0.25, -0.2) is 4.98 Å². The Morgan fingerprint density at radius 1 is 1.08 bits per heavy atom. The fourth-order valence-corrected chi connectivity index (χ4v) is 4.39. The monoisotopic (exact) mass is 492 g/mol. The smallest absolute Gasteiger partial charge is 0.361 e. The van der Waals surface area contributed by atoms with Gasteiger partial charge in [0.05, 0.1) is 17.4 Å². The van der Waals surface area contributed by atoms with Gasteiger partial charge in [-0.15, -0.1) is 0 Å². The van der Waals surface area contributed by atoms with Gasteiger partial charge in [0.1, 0.15) is 18.0 Å². The Morgan fingerprint density at radius 3 is 2.64 bits per heavy atom. The van der Waals surface area contributed by atoms with E-state index in [-0.39, 0.29) is 18.5 Å². The van der Waals surface area contributed by atoms with Gasteiger partial charge in [0, 0.05) is 42.6 Å². The number of halogens is 3. The number of aryl methyl sites for hydroxylation is 1. The zero-order valence-electron chi connectivity index (χ0n) is 19.3. The first-order valence-corrected chi connectivity index (χ1v) is 11.5. The van der Waals surface area contributed by atoms with E-state index < -0.39 is 12.7 Å². The number of hydrogen-bond donors (Lipinski definition) is 1. The van der Waals surface area contributed by atoms with Crippen LogP contribution in [0.3, 0.4) is 0 Å². The highest BCUT2D eigenvalue weighted by Crippen LogP contribution is 2.39. The highest BCUT2D eigenvalue weighted by atomic mass is 19.4. The second-order valence-electron chi connectivity index (χ2n) is 9.07. The first kappa shape index (κ1) is 22.3. The molecule has 1 N–H and O–H groups in total. The molecule has 0 atom stereocenters. The number of rotatable bonds is 5. The van der Waals surface area contributed by atoms with E-state index in [2.05, 4.69) is 20.4 Å². The van der Waals surface area contributed by atoms with Crippen molar-refractivity contribution in [1.29, 1.82) is 0 Å². The van der Waals surface area contributed by atoms with Gasteiger partial charge in [-0.1, -0.05) is 6.07 Å². The third-order valence-electron chi connectivity index (χ3n) is 6.27. The van der Waals surface area contributed by atoms with Crippen molar-refractivity contribution in [3.8, 4) is 16.8 Å². The van der Waals surface area contributed by atoms with Crippen LogP contribution in [0.5, 0.6) is 0 Å². The van der Waals surface area contributed by atoms with E-state index in [9.17, 15) is 18.0 Å². The number of fused-ring (bicyclic) bond motifs is 2. The maximum absolute atomic E-state index is 13.9. The number of anilines is 1. The number of aromatic nitrogens is 5. The lowest BCUT2D eigenvalue weighted by molar-refractivity contribution is -0.115. The molecule has 0 spiro atoms. The largest absolute Gasteiger partial charge is 0.405 e. The third-order valence-corrected chi connectivity index (χ3v) is 6.27. The van der Waals surface area contributed by atoms with Gasteiger partial charge in [0.15, 0.2) is 0 Å². The van der Waals surface area contributed by atoms with Crippen LogP contribution in [0.15, 0.2) is 65.7 Å². The Labute approximate surface area is 204 Å². The minimum atomic E-state index is -4.40. The van der Waals surface area contributed by atoms with E-state index in [4.69, 9.17) is 0 Å². The SMILES string of the molecule is Cn1cc2cc(-c3cc4ccc(NCC(F)(F)F)nc4n(-c4ccc(C5CC5)nc4)c3=O)ccc2n1.[HH]. The lowest BCUT2D eigenvalue weighted by atomic mass is 10.0. The van der Waals surface area contributed by atoms with Crippen LogP contribution in [0.2, 0.25) is 0 Å². The molecule has 1 fully saturated rings. The zero-order chi connectivity index (χ0) is 25.0. The summed E-state index contributed by atoms with van der Waals surface area (Å²) in [6.45, 7) is -1.23. The maximum atomic E-state index is 13.9. The Hall–Kier alpha value is -4.21. The molecule has 0 bridgehead atoms. The Balaban J connectivity index is 0.00000280. The number of nitrogens with zero attached hydrogens (tertiary/aromatic N) is 5. The molecule has 1 saturated carbocycles. The van der Waals surface area contributed by atoms with Crippen LogP contribution >= 0.6 is 0 Å². The number of nitrogens with one attached hydrogen (secondary N) is 1. The summed E-state index contributed by atoms with van der Waals surface area (Å²) in [5.74, 6) is 0.474. The van der Waals surface area contributed by atoms with Crippen molar-refractivity contribution in [2.45, 2.75) is 24.9 Å². The Morgan fingerprint density at radius 2 is 1.92 bits per heavy atom. The molecule has 4 heterocycles. The van der Waals surface area contributed by atoms with Gasteiger partial charge in [-0.05, 0) is 60.9 Å². The van der Waals surface area contributed by atoms with Crippen LogP contribution in [-0.4, -0.2) is 37.0 Å². The average Bonchev–Trinajstić information content (AvgIpc) is 3.62. The topological polar surface area (TPSA) is 77.6 Å². The van der Waals surface area contributed by atoms with Crippen molar-refractivity contribution in [2.24, 2.45) is 7.05 Å². The number of pyridine rings is 3. The van der Waals surface area contributed by atoms with Gasteiger partial charge >= 0.3 is 6.18 Å². The lowest BCUT2D eigenvalue weighted by Gasteiger charge is -2.15. The molecule has 1 aliphatic carbocycles. The van der Waals surface area contributed by atoms with Crippen molar-refractivity contribution >= 4 is 27.8 Å². The molecular formula is C26H23F3N6O. The predicted octanol–water partition coefficient (Wildman–Crippen LogP) is 5.43. The van der Waals surface area contributed by atoms with E-state index >= 15 is 0 Å². The first-order valence-electron chi connectivity index (χ1n) is 11.5. The molecule has 0 radical (unpaired) electrons. The molecule has 0 aliphatic heterocycles. The number of hydrogen-bond acceptors (Lipinski definition) is 5. The summed E-state index contributed by atoms with van der Waals surface area (Å²) in [7, 11) is 1.83. The number of benzene rings is 1. The molecule has 7 nitrogen and oxygen atoms in total. The third kappa shape index (κ3) is 4.19. The zero-order valence-corrected chi connectivity index (χ0v) is 19.3. The quantitative estimate of drug-likeness (QED) is 0.354. The van der Waals surface area contributed by atoms with Crippen LogP contribution in [0.4, 0.5) is 19.0 Å². The molecule has 6 rings (SSSR count). The van der Waals surface area contributed by atoms with Crippen LogP contribution in [0, 0.1) is 0 Å². The highest BCUT2D eigenvalue weighted by molar-refractivity contribution is 5.88. The summed E-state index contributed by atoms with van der Waals surface area (Å²) in [6, 6.07) is 14.2. The second-order valence-corrected chi connectivity index (χ2v) is 9.07. The van der Waals surface area contributed by atoms with E-state index in [1.54, 1.807) is 23.0 Å². The standard InChI is InChI=1S/C26H21F3N6O.H2/c1-34-13-18-10-16(4-7-22(18)33-34)20-11-17-5-9-23(31-14-26(27,28)29)32-24(17)35(25(20)36)19-6-8-21(30-12-19)15-2-3-15;/h4-13,15H,2-3,14H2,1H3,(H,31,32);1H. The molecular weight excluding hydrogens is 469 g/mol. The van der Waals surface area contributed by atoms with Crippen molar-refractivity contribution < 1.29 is 14.6 Å². The molecule has 10 heteroatoms. The summed E-state index contributed by atoms with van der Waals surface area (Å²) in [4.78, 5) is 22.8. The lowest BCUT2D eigenvalue weighted by Crippen LogP contribution is -2.23. The van der Waals surface area contributed by atoms with E-state index in [0.29, 0.717) is 28.1 Å². The second kappa shape index (κ2) is 8.18. The number of alkyl halides is 3. The fraction of sp³-hybridized carbons (Fsp3) is 0.231. The minimum Gasteiger partial charge on any atom is -0.361 e.